The maximum atomic E-state index is 14.6. The highest BCUT2D eigenvalue weighted by Crippen LogP contribution is 2.37. The second-order valence-electron chi connectivity index (χ2n) is 5.53. The number of sulfone groups is 1. The monoisotopic (exact) mass is 443 g/mol. The Morgan fingerprint density at radius 3 is 2.38 bits per heavy atom. The average Bonchev–Trinajstić information content (AvgIpc) is 3.00. The largest absolute Gasteiger partial charge is 0.388 e. The van der Waals surface area contributed by atoms with Crippen molar-refractivity contribution < 1.29 is 26.8 Å². The van der Waals surface area contributed by atoms with Crippen molar-refractivity contribution in [3.63, 3.8) is 0 Å². The van der Waals surface area contributed by atoms with E-state index in [1.807, 2.05) is 0 Å². The number of aliphatic hydroxyl groups is 1. The molecule has 0 fully saturated rings. The van der Waals surface area contributed by atoms with Crippen LogP contribution in [0.4, 0.5) is 8.78 Å². The molecule has 5 nitrogen and oxygen atoms in total. The second-order valence-corrected chi connectivity index (χ2v) is 8.43. The lowest BCUT2D eigenvalue weighted by molar-refractivity contribution is 0.230. The Morgan fingerprint density at radius 1 is 1.15 bits per heavy atom. The van der Waals surface area contributed by atoms with Crippen molar-refractivity contribution in [2.24, 2.45) is 0 Å². The SMILES string of the molecule is CS(=O)(=O)c1cc(F)c(-c2c(-c3ccc(Br)cc3)noc2CO)cc1F. The highest BCUT2D eigenvalue weighted by atomic mass is 79.9. The predicted octanol–water partition coefficient (Wildman–Crippen LogP) is 3.95. The fraction of sp³-hybridized carbons (Fsp3) is 0.118. The van der Waals surface area contributed by atoms with Crippen molar-refractivity contribution in [1.82, 2.24) is 5.16 Å². The Kier molecular flexibility index (Phi) is 4.96. The van der Waals surface area contributed by atoms with Crippen molar-refractivity contribution in [3.8, 4) is 22.4 Å². The molecule has 136 valence electrons. The smallest absolute Gasteiger partial charge is 0.178 e. The first-order valence-corrected chi connectivity index (χ1v) is 9.95. The first-order chi connectivity index (χ1) is 12.2. The van der Waals surface area contributed by atoms with E-state index in [4.69, 9.17) is 4.52 Å². The van der Waals surface area contributed by atoms with Crippen LogP contribution in [-0.4, -0.2) is 24.9 Å². The molecule has 0 saturated heterocycles. The first-order valence-electron chi connectivity index (χ1n) is 7.27. The van der Waals surface area contributed by atoms with Crippen LogP contribution in [0.5, 0.6) is 0 Å². The van der Waals surface area contributed by atoms with Crippen LogP contribution in [0.25, 0.3) is 22.4 Å². The van der Waals surface area contributed by atoms with E-state index in [-0.39, 0.29) is 22.6 Å². The van der Waals surface area contributed by atoms with Crippen molar-refractivity contribution in [3.05, 3.63) is 58.3 Å². The van der Waals surface area contributed by atoms with Crippen LogP contribution in [0.15, 0.2) is 50.3 Å². The molecule has 1 aromatic heterocycles. The van der Waals surface area contributed by atoms with Crippen LogP contribution in [0.3, 0.4) is 0 Å². The van der Waals surface area contributed by atoms with Crippen LogP contribution in [-0.2, 0) is 16.4 Å². The minimum absolute atomic E-state index is 0.0614. The zero-order chi connectivity index (χ0) is 19.1. The summed E-state index contributed by atoms with van der Waals surface area (Å²) < 4.78 is 57.9. The van der Waals surface area contributed by atoms with Gasteiger partial charge in [-0.05, 0) is 24.3 Å². The summed E-state index contributed by atoms with van der Waals surface area (Å²) >= 11 is 3.30. The molecular formula is C17H12BrF2NO4S. The highest BCUT2D eigenvalue weighted by molar-refractivity contribution is 9.10. The van der Waals surface area contributed by atoms with E-state index in [0.29, 0.717) is 11.6 Å². The van der Waals surface area contributed by atoms with E-state index in [0.717, 1.165) is 16.8 Å². The molecular weight excluding hydrogens is 432 g/mol. The van der Waals surface area contributed by atoms with Crippen LogP contribution in [0.2, 0.25) is 0 Å². The number of benzene rings is 2. The van der Waals surface area contributed by atoms with E-state index < -0.39 is 33.0 Å². The summed E-state index contributed by atoms with van der Waals surface area (Å²) in [5, 5.41) is 13.3. The summed E-state index contributed by atoms with van der Waals surface area (Å²) in [4.78, 5) is -0.744. The average molecular weight is 444 g/mol. The molecule has 0 saturated carbocycles. The molecule has 9 heteroatoms. The number of aliphatic hydroxyl groups excluding tert-OH is 1. The van der Waals surface area contributed by atoms with E-state index in [1.165, 1.54) is 0 Å². The lowest BCUT2D eigenvalue weighted by Crippen LogP contribution is -2.03. The zero-order valence-corrected chi connectivity index (χ0v) is 15.7. The van der Waals surface area contributed by atoms with Crippen LogP contribution >= 0.6 is 15.9 Å². The number of hydrogen-bond acceptors (Lipinski definition) is 5. The highest BCUT2D eigenvalue weighted by Gasteiger charge is 2.25. The van der Waals surface area contributed by atoms with E-state index >= 15 is 0 Å². The second kappa shape index (κ2) is 6.90. The molecule has 1 heterocycles. The first kappa shape index (κ1) is 18.7. The van der Waals surface area contributed by atoms with Crippen molar-refractivity contribution in [1.29, 1.82) is 0 Å². The molecule has 26 heavy (non-hydrogen) atoms. The minimum atomic E-state index is -3.93. The summed E-state index contributed by atoms with van der Waals surface area (Å²) in [7, 11) is -3.93. The molecule has 0 radical (unpaired) electrons. The van der Waals surface area contributed by atoms with Crippen molar-refractivity contribution in [2.75, 3.05) is 6.26 Å². The van der Waals surface area contributed by atoms with Crippen LogP contribution in [0.1, 0.15) is 5.76 Å². The Hall–Kier alpha value is -2.10. The van der Waals surface area contributed by atoms with Gasteiger partial charge >= 0.3 is 0 Å². The van der Waals surface area contributed by atoms with Crippen molar-refractivity contribution >= 4 is 25.8 Å². The summed E-state index contributed by atoms with van der Waals surface area (Å²) in [5.41, 5.74) is 0.565. The maximum absolute atomic E-state index is 14.6. The number of nitrogens with zero attached hydrogens (tertiary/aromatic N) is 1. The van der Waals surface area contributed by atoms with E-state index in [2.05, 4.69) is 21.1 Å². The van der Waals surface area contributed by atoms with Gasteiger partial charge < -0.3 is 9.63 Å². The molecule has 0 unspecified atom stereocenters. The van der Waals surface area contributed by atoms with Crippen molar-refractivity contribution in [2.45, 2.75) is 11.5 Å². The van der Waals surface area contributed by atoms with Gasteiger partial charge in [0.1, 0.15) is 28.8 Å². The topological polar surface area (TPSA) is 80.4 Å². The summed E-state index contributed by atoms with van der Waals surface area (Å²) in [6.07, 6.45) is 0.788. The molecule has 0 aliphatic carbocycles. The Bertz CT molecular complexity index is 1080. The van der Waals surface area contributed by atoms with Gasteiger partial charge in [-0.15, -0.1) is 0 Å². The fourth-order valence-electron chi connectivity index (χ4n) is 2.52. The molecule has 0 amide bonds. The molecule has 2 aromatic carbocycles. The summed E-state index contributed by atoms with van der Waals surface area (Å²) in [6.45, 7) is -0.590. The molecule has 3 aromatic rings. The lowest BCUT2D eigenvalue weighted by Gasteiger charge is -2.08. The third-order valence-electron chi connectivity index (χ3n) is 3.71. The molecule has 0 aliphatic heterocycles. The van der Waals surface area contributed by atoms with Gasteiger partial charge in [-0.3, -0.25) is 0 Å². The van der Waals surface area contributed by atoms with E-state index in [9.17, 15) is 22.3 Å². The summed E-state index contributed by atoms with van der Waals surface area (Å²) in [6, 6.07) is 8.21. The minimum Gasteiger partial charge on any atom is -0.388 e. The standard InChI is InChI=1S/C17H12BrF2NO4S/c1-26(23,24)15-7-12(19)11(6-13(15)20)16-14(8-22)25-21-17(16)9-2-4-10(18)5-3-9/h2-7,22H,8H2,1H3. The quantitative estimate of drug-likeness (QED) is 0.660. The fourth-order valence-corrected chi connectivity index (χ4v) is 3.51. The molecule has 0 aliphatic rings. The maximum Gasteiger partial charge on any atom is 0.178 e. The number of halogens is 3. The number of rotatable bonds is 4. The van der Waals surface area contributed by atoms with Gasteiger partial charge in [0.15, 0.2) is 15.6 Å². The number of aromatic nitrogens is 1. The van der Waals surface area contributed by atoms with Gasteiger partial charge in [-0.25, -0.2) is 17.2 Å². The molecule has 1 N–H and O–H groups in total. The summed E-state index contributed by atoms with van der Waals surface area (Å²) in [5.74, 6) is -2.13. The lowest BCUT2D eigenvalue weighted by atomic mass is 9.98. The van der Waals surface area contributed by atoms with Gasteiger partial charge in [0, 0.05) is 21.9 Å². The number of hydrogen-bond donors (Lipinski definition) is 1. The van der Waals surface area contributed by atoms with Gasteiger partial charge in [0.2, 0.25) is 0 Å². The molecule has 0 atom stereocenters. The Morgan fingerprint density at radius 2 is 1.81 bits per heavy atom. The molecule has 0 spiro atoms. The van der Waals surface area contributed by atoms with E-state index in [1.54, 1.807) is 24.3 Å². The van der Waals surface area contributed by atoms with Gasteiger partial charge in [-0.2, -0.15) is 0 Å². The van der Waals surface area contributed by atoms with Crippen LogP contribution < -0.4 is 0 Å². The van der Waals surface area contributed by atoms with Gasteiger partial charge in [-0.1, -0.05) is 33.2 Å². The predicted molar refractivity (Wildman–Crippen MR) is 94.0 cm³/mol. The Labute approximate surface area is 156 Å². The van der Waals surface area contributed by atoms with Crippen LogP contribution in [0, 0.1) is 11.6 Å². The molecule has 0 bridgehead atoms. The third kappa shape index (κ3) is 3.42. The zero-order valence-electron chi connectivity index (χ0n) is 13.3. The normalized spacial score (nSPS) is 11.7. The van der Waals surface area contributed by atoms with Gasteiger partial charge in [0.25, 0.3) is 0 Å². The third-order valence-corrected chi connectivity index (χ3v) is 5.35. The Balaban J connectivity index is 2.26. The van der Waals surface area contributed by atoms with Gasteiger partial charge in [0.05, 0.1) is 5.56 Å². The molecule has 3 rings (SSSR count).